The number of carbonyl (C=O) groups excluding carboxylic acids is 1. The summed E-state index contributed by atoms with van der Waals surface area (Å²) in [6, 6.07) is 16.2. The smallest absolute Gasteiger partial charge is 0.321 e. The quantitative estimate of drug-likeness (QED) is 0.859. The second kappa shape index (κ2) is 7.04. The Bertz CT molecular complexity index is 682. The van der Waals surface area contributed by atoms with E-state index in [0.29, 0.717) is 0 Å². The third-order valence-electron chi connectivity index (χ3n) is 4.10. The number of hydrogen-bond acceptors (Lipinski definition) is 2. The highest BCUT2D eigenvalue weighted by molar-refractivity contribution is 9.10. The Kier molecular flexibility index (Phi) is 4.86. The van der Waals surface area contributed by atoms with Crippen molar-refractivity contribution in [3.63, 3.8) is 0 Å². The number of aryl methyl sites for hydroxylation is 1. The van der Waals surface area contributed by atoms with Crippen molar-refractivity contribution in [2.24, 2.45) is 0 Å². The van der Waals surface area contributed by atoms with Crippen LogP contribution in [0.2, 0.25) is 0 Å². The standard InChI is InChI=1S/C18H20BrN3O/c1-14-13-15(7-8-17(14)19)20-18(23)22-11-9-21(10-12-22)16-5-3-2-4-6-16/h2-8,13H,9-12H2,1H3,(H,20,23). The molecular formula is C18H20BrN3O. The number of rotatable bonds is 2. The summed E-state index contributed by atoms with van der Waals surface area (Å²) < 4.78 is 1.05. The number of hydrogen-bond donors (Lipinski definition) is 1. The molecule has 1 aliphatic heterocycles. The molecule has 2 amide bonds. The zero-order chi connectivity index (χ0) is 16.2. The maximum atomic E-state index is 12.4. The predicted octanol–water partition coefficient (Wildman–Crippen LogP) is 4.11. The molecule has 5 heteroatoms. The number of urea groups is 1. The third-order valence-corrected chi connectivity index (χ3v) is 4.99. The van der Waals surface area contributed by atoms with Gasteiger partial charge in [-0.25, -0.2) is 4.79 Å². The van der Waals surface area contributed by atoms with E-state index in [4.69, 9.17) is 0 Å². The number of carbonyl (C=O) groups is 1. The van der Waals surface area contributed by atoms with Crippen molar-refractivity contribution < 1.29 is 4.79 Å². The Morgan fingerprint density at radius 3 is 2.39 bits per heavy atom. The SMILES string of the molecule is Cc1cc(NC(=O)N2CCN(c3ccccc3)CC2)ccc1Br. The zero-order valence-corrected chi connectivity index (χ0v) is 14.7. The van der Waals surface area contributed by atoms with Crippen molar-refractivity contribution in [1.82, 2.24) is 4.90 Å². The molecule has 3 rings (SSSR count). The molecule has 23 heavy (non-hydrogen) atoms. The van der Waals surface area contributed by atoms with E-state index in [2.05, 4.69) is 38.3 Å². The molecule has 0 bridgehead atoms. The normalized spacial score (nSPS) is 14.7. The number of para-hydroxylation sites is 1. The fourth-order valence-electron chi connectivity index (χ4n) is 2.73. The van der Waals surface area contributed by atoms with E-state index in [1.807, 2.05) is 48.2 Å². The van der Waals surface area contributed by atoms with Gasteiger partial charge >= 0.3 is 6.03 Å². The van der Waals surface area contributed by atoms with E-state index in [9.17, 15) is 4.79 Å². The van der Waals surface area contributed by atoms with Crippen molar-refractivity contribution in [3.05, 3.63) is 58.6 Å². The van der Waals surface area contributed by atoms with Crippen molar-refractivity contribution >= 4 is 33.3 Å². The first-order valence-electron chi connectivity index (χ1n) is 7.75. The topological polar surface area (TPSA) is 35.6 Å². The number of anilines is 2. The highest BCUT2D eigenvalue weighted by Crippen LogP contribution is 2.21. The van der Waals surface area contributed by atoms with E-state index in [-0.39, 0.29) is 6.03 Å². The van der Waals surface area contributed by atoms with Gasteiger partial charge in [-0.15, -0.1) is 0 Å². The second-order valence-corrected chi connectivity index (χ2v) is 6.56. The number of nitrogens with zero attached hydrogens (tertiary/aromatic N) is 2. The fourth-order valence-corrected chi connectivity index (χ4v) is 2.98. The number of halogens is 1. The molecule has 0 saturated carbocycles. The molecule has 1 heterocycles. The first-order valence-corrected chi connectivity index (χ1v) is 8.55. The molecule has 0 unspecified atom stereocenters. The van der Waals surface area contributed by atoms with Gasteiger partial charge in [-0.05, 0) is 42.8 Å². The third kappa shape index (κ3) is 3.85. The molecular weight excluding hydrogens is 354 g/mol. The number of piperazine rings is 1. The molecule has 1 aliphatic rings. The molecule has 0 radical (unpaired) electrons. The molecule has 0 spiro atoms. The van der Waals surface area contributed by atoms with Crippen LogP contribution in [-0.2, 0) is 0 Å². The summed E-state index contributed by atoms with van der Waals surface area (Å²) in [6.45, 7) is 5.19. The van der Waals surface area contributed by atoms with Crippen LogP contribution in [0.15, 0.2) is 53.0 Å². The Labute approximate surface area is 145 Å². The molecule has 2 aromatic rings. The molecule has 1 N–H and O–H groups in total. The molecule has 0 atom stereocenters. The average molecular weight is 374 g/mol. The average Bonchev–Trinajstić information content (AvgIpc) is 2.59. The Hall–Kier alpha value is -2.01. The highest BCUT2D eigenvalue weighted by Gasteiger charge is 2.21. The van der Waals surface area contributed by atoms with Gasteiger partial charge in [-0.3, -0.25) is 0 Å². The van der Waals surface area contributed by atoms with Crippen LogP contribution < -0.4 is 10.2 Å². The van der Waals surface area contributed by atoms with Crippen LogP contribution in [0.1, 0.15) is 5.56 Å². The van der Waals surface area contributed by atoms with Crippen molar-refractivity contribution in [1.29, 1.82) is 0 Å². The summed E-state index contributed by atoms with van der Waals surface area (Å²) in [5, 5.41) is 2.98. The van der Waals surface area contributed by atoms with Gasteiger partial charge in [0.1, 0.15) is 0 Å². The minimum atomic E-state index is -0.0283. The van der Waals surface area contributed by atoms with Gasteiger partial charge in [0, 0.05) is 42.0 Å². The molecule has 0 aliphatic carbocycles. The van der Waals surface area contributed by atoms with Crippen LogP contribution in [0.4, 0.5) is 16.2 Å². The summed E-state index contributed by atoms with van der Waals surface area (Å²) in [6.07, 6.45) is 0. The van der Waals surface area contributed by atoms with E-state index in [1.54, 1.807) is 0 Å². The van der Waals surface area contributed by atoms with Gasteiger partial charge in [0.2, 0.25) is 0 Å². The number of benzene rings is 2. The monoisotopic (exact) mass is 373 g/mol. The summed E-state index contributed by atoms with van der Waals surface area (Å²) in [5.41, 5.74) is 3.16. The lowest BCUT2D eigenvalue weighted by Gasteiger charge is -2.36. The van der Waals surface area contributed by atoms with Crippen LogP contribution in [0, 0.1) is 6.92 Å². The number of amides is 2. The van der Waals surface area contributed by atoms with Crippen molar-refractivity contribution in [2.75, 3.05) is 36.4 Å². The van der Waals surface area contributed by atoms with Crippen LogP contribution in [0.5, 0.6) is 0 Å². The minimum absolute atomic E-state index is 0.0283. The van der Waals surface area contributed by atoms with Crippen molar-refractivity contribution in [3.8, 4) is 0 Å². The van der Waals surface area contributed by atoms with Gasteiger partial charge in [0.15, 0.2) is 0 Å². The first kappa shape index (κ1) is 15.9. The van der Waals surface area contributed by atoms with Gasteiger partial charge < -0.3 is 15.1 Å². The summed E-state index contributed by atoms with van der Waals surface area (Å²) in [5.74, 6) is 0. The van der Waals surface area contributed by atoms with Crippen LogP contribution in [-0.4, -0.2) is 37.1 Å². The Morgan fingerprint density at radius 1 is 1.04 bits per heavy atom. The first-order chi connectivity index (χ1) is 11.1. The second-order valence-electron chi connectivity index (χ2n) is 5.70. The maximum absolute atomic E-state index is 12.4. The molecule has 4 nitrogen and oxygen atoms in total. The van der Waals surface area contributed by atoms with E-state index in [1.165, 1.54) is 5.69 Å². The van der Waals surface area contributed by atoms with E-state index in [0.717, 1.165) is 41.9 Å². The minimum Gasteiger partial charge on any atom is -0.368 e. The lowest BCUT2D eigenvalue weighted by Crippen LogP contribution is -2.50. The van der Waals surface area contributed by atoms with Crippen LogP contribution >= 0.6 is 15.9 Å². The van der Waals surface area contributed by atoms with Gasteiger partial charge in [-0.2, -0.15) is 0 Å². The predicted molar refractivity (Wildman–Crippen MR) is 98.1 cm³/mol. The Balaban J connectivity index is 1.57. The lowest BCUT2D eigenvalue weighted by molar-refractivity contribution is 0.208. The molecule has 120 valence electrons. The summed E-state index contributed by atoms with van der Waals surface area (Å²) >= 11 is 3.47. The molecule has 1 saturated heterocycles. The zero-order valence-electron chi connectivity index (χ0n) is 13.1. The van der Waals surface area contributed by atoms with E-state index >= 15 is 0 Å². The van der Waals surface area contributed by atoms with Crippen molar-refractivity contribution in [2.45, 2.75) is 6.92 Å². The molecule has 0 aromatic heterocycles. The van der Waals surface area contributed by atoms with Gasteiger partial charge in [0.05, 0.1) is 0 Å². The molecule has 2 aromatic carbocycles. The van der Waals surface area contributed by atoms with Crippen LogP contribution in [0.25, 0.3) is 0 Å². The van der Waals surface area contributed by atoms with Gasteiger partial charge in [-0.1, -0.05) is 34.1 Å². The molecule has 1 fully saturated rings. The van der Waals surface area contributed by atoms with Gasteiger partial charge in [0.25, 0.3) is 0 Å². The summed E-state index contributed by atoms with van der Waals surface area (Å²) in [7, 11) is 0. The fraction of sp³-hybridized carbons (Fsp3) is 0.278. The summed E-state index contributed by atoms with van der Waals surface area (Å²) in [4.78, 5) is 16.6. The largest absolute Gasteiger partial charge is 0.368 e. The highest BCUT2D eigenvalue weighted by atomic mass is 79.9. The maximum Gasteiger partial charge on any atom is 0.321 e. The lowest BCUT2D eigenvalue weighted by atomic mass is 10.2. The van der Waals surface area contributed by atoms with Crippen LogP contribution in [0.3, 0.4) is 0 Å². The van der Waals surface area contributed by atoms with E-state index < -0.39 is 0 Å². The number of nitrogens with one attached hydrogen (secondary N) is 1. The Morgan fingerprint density at radius 2 is 1.74 bits per heavy atom.